The summed E-state index contributed by atoms with van der Waals surface area (Å²) in [5.41, 5.74) is 1.32. The molecule has 0 amide bonds. The Balaban J connectivity index is 2.18. The number of hydrogen-bond acceptors (Lipinski definition) is 3. The Morgan fingerprint density at radius 1 is 0.652 bits per heavy atom. The highest BCUT2D eigenvalue weighted by atomic mass is 32.2. The molecule has 0 radical (unpaired) electrons. The summed E-state index contributed by atoms with van der Waals surface area (Å²) < 4.78 is 26.3. The highest BCUT2D eigenvalue weighted by Gasteiger charge is 2.30. The van der Waals surface area contributed by atoms with Gasteiger partial charge in [-0.2, -0.15) is 0 Å². The molecule has 0 aliphatic rings. The average Bonchev–Trinajstić information content (AvgIpc) is 2.58. The van der Waals surface area contributed by atoms with E-state index in [2.05, 4.69) is 0 Å². The molecule has 4 heteroatoms. The molecule has 3 nitrogen and oxygen atoms in total. The Labute approximate surface area is 135 Å². The van der Waals surface area contributed by atoms with Crippen LogP contribution >= 0.6 is 0 Å². The molecule has 0 aromatic heterocycles. The zero-order chi connectivity index (χ0) is 16.3. The van der Waals surface area contributed by atoms with Crippen molar-refractivity contribution in [2.24, 2.45) is 0 Å². The van der Waals surface area contributed by atoms with E-state index in [0.29, 0.717) is 11.1 Å². The number of sulfone groups is 1. The van der Waals surface area contributed by atoms with Crippen molar-refractivity contribution in [3.8, 4) is 5.75 Å². The molecule has 1 atom stereocenters. The van der Waals surface area contributed by atoms with Crippen LogP contribution in [0.1, 0.15) is 16.4 Å². The number of aromatic hydroxyl groups is 1. The second kappa shape index (κ2) is 6.26. The van der Waals surface area contributed by atoms with Gasteiger partial charge in [-0.15, -0.1) is 0 Å². The Bertz CT molecular complexity index is 871. The summed E-state index contributed by atoms with van der Waals surface area (Å²) in [5, 5.41) is 8.67. The molecule has 1 N–H and O–H groups in total. The van der Waals surface area contributed by atoms with Crippen molar-refractivity contribution in [1.29, 1.82) is 0 Å². The third kappa shape index (κ3) is 3.12. The van der Waals surface area contributed by atoms with E-state index in [0.717, 1.165) is 0 Å². The van der Waals surface area contributed by atoms with Gasteiger partial charge in [-0.25, -0.2) is 8.42 Å². The van der Waals surface area contributed by atoms with E-state index in [1.54, 1.807) is 54.6 Å². The molecule has 1 unspecified atom stereocenters. The van der Waals surface area contributed by atoms with Crippen molar-refractivity contribution < 1.29 is 13.5 Å². The third-order valence-electron chi connectivity index (χ3n) is 3.68. The van der Waals surface area contributed by atoms with Gasteiger partial charge in [-0.3, -0.25) is 0 Å². The number of rotatable bonds is 4. The van der Waals surface area contributed by atoms with Gasteiger partial charge in [-0.05, 0) is 35.4 Å². The normalized spacial score (nSPS) is 12.7. The Morgan fingerprint density at radius 2 is 1.13 bits per heavy atom. The minimum atomic E-state index is -3.60. The number of benzene rings is 3. The molecule has 0 aliphatic heterocycles. The van der Waals surface area contributed by atoms with Crippen LogP contribution in [0.4, 0.5) is 0 Å². The zero-order valence-corrected chi connectivity index (χ0v) is 13.1. The molecule has 0 spiro atoms. The number of phenolic OH excluding ortho intramolecular Hbond substituents is 1. The van der Waals surface area contributed by atoms with Crippen LogP contribution in [0, 0.1) is 0 Å². The van der Waals surface area contributed by atoms with E-state index in [9.17, 15) is 13.5 Å². The lowest BCUT2D eigenvalue weighted by molar-refractivity contribution is 0.475. The summed E-state index contributed by atoms with van der Waals surface area (Å²) in [7, 11) is -3.60. The molecular formula is C19H16O3S. The van der Waals surface area contributed by atoms with Crippen LogP contribution < -0.4 is 0 Å². The molecule has 3 rings (SSSR count). The van der Waals surface area contributed by atoms with Crippen LogP contribution in [-0.2, 0) is 9.84 Å². The molecule has 0 fully saturated rings. The first-order valence-electron chi connectivity index (χ1n) is 7.22. The lowest BCUT2D eigenvalue weighted by Gasteiger charge is -2.19. The average molecular weight is 324 g/mol. The van der Waals surface area contributed by atoms with Crippen molar-refractivity contribution in [3.63, 3.8) is 0 Å². The first-order chi connectivity index (χ1) is 11.1. The van der Waals surface area contributed by atoms with Crippen LogP contribution in [-0.4, -0.2) is 13.5 Å². The van der Waals surface area contributed by atoms with Crippen LogP contribution in [0.3, 0.4) is 0 Å². The van der Waals surface area contributed by atoms with Crippen molar-refractivity contribution >= 4 is 9.84 Å². The van der Waals surface area contributed by atoms with Crippen molar-refractivity contribution in [2.45, 2.75) is 10.1 Å². The van der Waals surface area contributed by atoms with Gasteiger partial charge in [0.15, 0.2) is 9.84 Å². The smallest absolute Gasteiger partial charge is 0.189 e. The summed E-state index contributed by atoms with van der Waals surface area (Å²) >= 11 is 0. The van der Waals surface area contributed by atoms with E-state index in [-0.39, 0.29) is 10.6 Å². The fraction of sp³-hybridized carbons (Fsp3) is 0.0526. The quantitative estimate of drug-likeness (QED) is 0.790. The molecular weight excluding hydrogens is 308 g/mol. The minimum absolute atomic E-state index is 0.109. The maximum Gasteiger partial charge on any atom is 0.189 e. The van der Waals surface area contributed by atoms with Crippen LogP contribution in [0.15, 0.2) is 89.8 Å². The van der Waals surface area contributed by atoms with E-state index in [1.807, 2.05) is 18.2 Å². The molecule has 116 valence electrons. The zero-order valence-electron chi connectivity index (χ0n) is 12.3. The van der Waals surface area contributed by atoms with E-state index < -0.39 is 15.1 Å². The number of phenols is 1. The SMILES string of the molecule is O=S(=O)(c1ccccc1)C(c1ccccc1)c1ccc(O)cc1. The maximum absolute atomic E-state index is 13.2. The van der Waals surface area contributed by atoms with Gasteiger partial charge in [-0.1, -0.05) is 60.7 Å². The van der Waals surface area contributed by atoms with Gasteiger partial charge in [0.25, 0.3) is 0 Å². The summed E-state index contributed by atoms with van der Waals surface area (Å²) in [5.74, 6) is 0.109. The predicted octanol–water partition coefficient (Wildman–Crippen LogP) is 3.96. The highest BCUT2D eigenvalue weighted by Crippen LogP contribution is 2.35. The largest absolute Gasteiger partial charge is 0.508 e. The van der Waals surface area contributed by atoms with Gasteiger partial charge in [0.2, 0.25) is 0 Å². The second-order valence-electron chi connectivity index (χ2n) is 5.24. The molecule has 0 saturated heterocycles. The first-order valence-corrected chi connectivity index (χ1v) is 8.76. The monoisotopic (exact) mass is 324 g/mol. The molecule has 3 aromatic carbocycles. The Hall–Kier alpha value is -2.59. The lowest BCUT2D eigenvalue weighted by Crippen LogP contribution is -2.15. The van der Waals surface area contributed by atoms with Crippen LogP contribution in [0.2, 0.25) is 0 Å². The summed E-state index contributed by atoms with van der Waals surface area (Å²) in [4.78, 5) is 0.280. The van der Waals surface area contributed by atoms with E-state index in [4.69, 9.17) is 0 Å². The van der Waals surface area contributed by atoms with Gasteiger partial charge >= 0.3 is 0 Å². The van der Waals surface area contributed by atoms with E-state index in [1.165, 1.54) is 12.1 Å². The fourth-order valence-corrected chi connectivity index (χ4v) is 4.41. The summed E-state index contributed by atoms with van der Waals surface area (Å²) in [6, 6.07) is 23.8. The standard InChI is InChI=1S/C19H16O3S/c20-17-13-11-16(12-14-17)19(15-7-3-1-4-8-15)23(21,22)18-9-5-2-6-10-18/h1-14,19-20H. The molecule has 0 saturated carbocycles. The summed E-state index contributed by atoms with van der Waals surface area (Å²) in [6.45, 7) is 0. The molecule has 0 aliphatic carbocycles. The van der Waals surface area contributed by atoms with Crippen LogP contribution in [0.25, 0.3) is 0 Å². The topological polar surface area (TPSA) is 54.4 Å². The van der Waals surface area contributed by atoms with Crippen molar-refractivity contribution in [3.05, 3.63) is 96.1 Å². The molecule has 3 aromatic rings. The molecule has 0 heterocycles. The summed E-state index contributed by atoms with van der Waals surface area (Å²) in [6.07, 6.45) is 0. The lowest BCUT2D eigenvalue weighted by atomic mass is 10.0. The second-order valence-corrected chi connectivity index (χ2v) is 7.27. The molecule has 23 heavy (non-hydrogen) atoms. The van der Waals surface area contributed by atoms with E-state index >= 15 is 0 Å². The molecule has 0 bridgehead atoms. The Morgan fingerprint density at radius 3 is 1.70 bits per heavy atom. The predicted molar refractivity (Wildman–Crippen MR) is 90.0 cm³/mol. The van der Waals surface area contributed by atoms with Gasteiger partial charge in [0.05, 0.1) is 4.90 Å². The van der Waals surface area contributed by atoms with Crippen molar-refractivity contribution in [2.75, 3.05) is 0 Å². The first kappa shape index (κ1) is 15.3. The van der Waals surface area contributed by atoms with Gasteiger partial charge < -0.3 is 5.11 Å². The van der Waals surface area contributed by atoms with Crippen molar-refractivity contribution in [1.82, 2.24) is 0 Å². The minimum Gasteiger partial charge on any atom is -0.508 e. The Kier molecular flexibility index (Phi) is 4.17. The van der Waals surface area contributed by atoms with Gasteiger partial charge in [0, 0.05) is 0 Å². The van der Waals surface area contributed by atoms with Gasteiger partial charge in [0.1, 0.15) is 11.0 Å². The maximum atomic E-state index is 13.2. The van der Waals surface area contributed by atoms with Crippen LogP contribution in [0.5, 0.6) is 5.75 Å². The highest BCUT2D eigenvalue weighted by molar-refractivity contribution is 7.91. The third-order valence-corrected chi connectivity index (χ3v) is 5.77. The number of hydrogen-bond donors (Lipinski definition) is 1. The fourth-order valence-electron chi connectivity index (χ4n) is 2.57.